The van der Waals surface area contributed by atoms with Crippen molar-refractivity contribution in [1.29, 1.82) is 0 Å². The van der Waals surface area contributed by atoms with Crippen LogP contribution < -0.4 is 10.0 Å². The summed E-state index contributed by atoms with van der Waals surface area (Å²) >= 11 is 0. The number of nitro groups is 1. The van der Waals surface area contributed by atoms with E-state index >= 15 is 0 Å². The first-order valence-corrected chi connectivity index (χ1v) is 8.36. The molecule has 23 heavy (non-hydrogen) atoms. The Labute approximate surface area is 141 Å². The first-order chi connectivity index (χ1) is 10.4. The van der Waals surface area contributed by atoms with Gasteiger partial charge in [-0.15, -0.1) is 12.4 Å². The summed E-state index contributed by atoms with van der Waals surface area (Å²) in [4.78, 5) is 9.95. The van der Waals surface area contributed by atoms with Crippen molar-refractivity contribution in [2.75, 3.05) is 26.8 Å². The number of nitrogens with zero attached hydrogens (tertiary/aromatic N) is 1. The molecule has 1 heterocycles. The molecule has 10 heteroatoms. The van der Waals surface area contributed by atoms with E-state index in [-0.39, 0.29) is 23.8 Å². The zero-order chi connectivity index (χ0) is 16.2. The molecule has 2 N–H and O–H groups in total. The Morgan fingerprint density at radius 1 is 1.43 bits per heavy atom. The smallest absolute Gasteiger partial charge is 0.289 e. The lowest BCUT2D eigenvalue weighted by Gasteiger charge is -2.28. The van der Waals surface area contributed by atoms with E-state index in [1.165, 1.54) is 24.3 Å². The summed E-state index contributed by atoms with van der Waals surface area (Å²) in [5, 5.41) is 14.2. The number of para-hydroxylation sites is 1. The lowest BCUT2D eigenvalue weighted by molar-refractivity contribution is -0.387. The number of rotatable bonds is 7. The van der Waals surface area contributed by atoms with Crippen molar-refractivity contribution in [2.45, 2.75) is 23.3 Å². The van der Waals surface area contributed by atoms with Crippen molar-refractivity contribution in [3.8, 4) is 0 Å². The molecule has 0 bridgehead atoms. The summed E-state index contributed by atoms with van der Waals surface area (Å²) in [6, 6.07) is 5.29. The molecule has 0 saturated carbocycles. The van der Waals surface area contributed by atoms with Crippen LogP contribution >= 0.6 is 12.4 Å². The standard InChI is InChI=1S/C13H19N3O5S.ClH/c1-21-10-13(7-4-8-14-13)9-15-22(19,20)12-6-3-2-5-11(12)16(17)18;/h2-3,5-6,14-15H,4,7-10H2,1H3;1H. The molecule has 1 aromatic carbocycles. The van der Waals surface area contributed by atoms with Crippen LogP contribution in [-0.2, 0) is 14.8 Å². The molecule has 8 nitrogen and oxygen atoms in total. The molecule has 0 radical (unpaired) electrons. The van der Waals surface area contributed by atoms with Crippen LogP contribution in [-0.4, -0.2) is 45.7 Å². The summed E-state index contributed by atoms with van der Waals surface area (Å²) in [6.45, 7) is 1.28. The monoisotopic (exact) mass is 365 g/mol. The lowest BCUT2D eigenvalue weighted by atomic mass is 9.99. The molecule has 0 amide bonds. The number of hydrogen-bond acceptors (Lipinski definition) is 6. The van der Waals surface area contributed by atoms with Gasteiger partial charge in [0.05, 0.1) is 17.1 Å². The number of benzene rings is 1. The normalized spacial score (nSPS) is 20.9. The van der Waals surface area contributed by atoms with E-state index in [1.807, 2.05) is 0 Å². The van der Waals surface area contributed by atoms with Crippen molar-refractivity contribution in [2.24, 2.45) is 0 Å². The number of nitro benzene ring substituents is 1. The van der Waals surface area contributed by atoms with Crippen molar-refractivity contribution in [1.82, 2.24) is 10.0 Å². The first kappa shape index (κ1) is 19.8. The van der Waals surface area contributed by atoms with E-state index in [1.54, 1.807) is 7.11 Å². The zero-order valence-corrected chi connectivity index (χ0v) is 14.3. The highest BCUT2D eigenvalue weighted by Crippen LogP contribution is 2.24. The van der Waals surface area contributed by atoms with Crippen LogP contribution in [0.5, 0.6) is 0 Å². The van der Waals surface area contributed by atoms with E-state index < -0.39 is 26.2 Å². The molecule has 0 spiro atoms. The number of hydrogen-bond donors (Lipinski definition) is 2. The molecule has 1 atom stereocenters. The third-order valence-corrected chi connectivity index (χ3v) is 5.15. The van der Waals surface area contributed by atoms with Gasteiger partial charge in [-0.25, -0.2) is 13.1 Å². The van der Waals surface area contributed by atoms with Crippen LogP contribution in [0, 0.1) is 10.1 Å². The van der Waals surface area contributed by atoms with Crippen LogP contribution in [0.2, 0.25) is 0 Å². The number of nitrogens with one attached hydrogen (secondary N) is 2. The van der Waals surface area contributed by atoms with E-state index in [4.69, 9.17) is 4.74 Å². The number of halogens is 1. The molecule has 0 aliphatic carbocycles. The minimum atomic E-state index is -3.97. The van der Waals surface area contributed by atoms with Gasteiger partial charge in [0.15, 0.2) is 4.90 Å². The van der Waals surface area contributed by atoms with Crippen molar-refractivity contribution >= 4 is 28.1 Å². The average Bonchev–Trinajstić information content (AvgIpc) is 2.95. The predicted molar refractivity (Wildman–Crippen MR) is 87.4 cm³/mol. The molecule has 130 valence electrons. The van der Waals surface area contributed by atoms with Gasteiger partial charge in [-0.1, -0.05) is 12.1 Å². The van der Waals surface area contributed by atoms with Crippen LogP contribution in [0.4, 0.5) is 5.69 Å². The van der Waals surface area contributed by atoms with Gasteiger partial charge >= 0.3 is 0 Å². The van der Waals surface area contributed by atoms with Crippen LogP contribution in [0.1, 0.15) is 12.8 Å². The van der Waals surface area contributed by atoms with Crippen molar-refractivity contribution < 1.29 is 18.1 Å². The fraction of sp³-hybridized carbons (Fsp3) is 0.538. The third-order valence-electron chi connectivity index (χ3n) is 3.70. The minimum absolute atomic E-state index is 0. The SMILES string of the molecule is COCC1(CNS(=O)(=O)c2ccccc2[N+](=O)[O-])CCCN1.Cl. The second-order valence-electron chi connectivity index (χ2n) is 5.29. The van der Waals surface area contributed by atoms with Gasteiger partial charge in [0.2, 0.25) is 10.0 Å². The van der Waals surface area contributed by atoms with Gasteiger partial charge < -0.3 is 10.1 Å². The van der Waals surface area contributed by atoms with Crippen molar-refractivity contribution in [3.05, 3.63) is 34.4 Å². The Balaban J connectivity index is 0.00000264. The Hall–Kier alpha value is -1.26. The second-order valence-corrected chi connectivity index (χ2v) is 7.03. The molecule has 1 fully saturated rings. The highest BCUT2D eigenvalue weighted by molar-refractivity contribution is 7.89. The predicted octanol–water partition coefficient (Wildman–Crippen LogP) is 1.06. The van der Waals surface area contributed by atoms with Crippen LogP contribution in [0.15, 0.2) is 29.2 Å². The molecule has 0 aromatic heterocycles. The molecular weight excluding hydrogens is 346 g/mol. The summed E-state index contributed by atoms with van der Waals surface area (Å²) < 4.78 is 32.4. The molecule has 1 aliphatic rings. The Morgan fingerprint density at radius 3 is 2.70 bits per heavy atom. The maximum atomic E-state index is 12.4. The fourth-order valence-corrected chi connectivity index (χ4v) is 3.91. The van der Waals surface area contributed by atoms with Gasteiger partial charge in [-0.2, -0.15) is 0 Å². The summed E-state index contributed by atoms with van der Waals surface area (Å²) in [5.74, 6) is 0. The summed E-state index contributed by atoms with van der Waals surface area (Å²) in [6.07, 6.45) is 1.71. The third kappa shape index (κ3) is 4.61. The Kier molecular flexibility index (Phi) is 6.90. The maximum absolute atomic E-state index is 12.4. The van der Waals surface area contributed by atoms with Gasteiger partial charge in [0.25, 0.3) is 5.69 Å². The van der Waals surface area contributed by atoms with Crippen molar-refractivity contribution in [3.63, 3.8) is 0 Å². The number of sulfonamides is 1. The highest BCUT2D eigenvalue weighted by atomic mass is 35.5. The Bertz CT molecular complexity index is 647. The fourth-order valence-electron chi connectivity index (χ4n) is 2.62. The van der Waals surface area contributed by atoms with E-state index in [9.17, 15) is 18.5 Å². The molecule has 2 rings (SSSR count). The quantitative estimate of drug-likeness (QED) is 0.552. The van der Waals surface area contributed by atoms with Crippen LogP contribution in [0.25, 0.3) is 0 Å². The summed E-state index contributed by atoms with van der Waals surface area (Å²) in [5.41, 5.74) is -0.902. The second kappa shape index (κ2) is 8.02. The molecule has 1 aromatic rings. The van der Waals surface area contributed by atoms with E-state index in [0.29, 0.717) is 6.61 Å². The van der Waals surface area contributed by atoms with E-state index in [2.05, 4.69) is 10.0 Å². The summed E-state index contributed by atoms with van der Waals surface area (Å²) in [7, 11) is -2.41. The zero-order valence-electron chi connectivity index (χ0n) is 12.6. The van der Waals surface area contributed by atoms with Crippen LogP contribution in [0.3, 0.4) is 0 Å². The molecule has 1 unspecified atom stereocenters. The maximum Gasteiger partial charge on any atom is 0.289 e. The van der Waals surface area contributed by atoms with E-state index in [0.717, 1.165) is 19.4 Å². The highest BCUT2D eigenvalue weighted by Gasteiger charge is 2.35. The largest absolute Gasteiger partial charge is 0.383 e. The van der Waals surface area contributed by atoms with Gasteiger partial charge in [0.1, 0.15) is 0 Å². The topological polar surface area (TPSA) is 111 Å². The number of methoxy groups -OCH3 is 1. The molecule has 1 saturated heterocycles. The van der Waals surface area contributed by atoms with Gasteiger partial charge in [-0.3, -0.25) is 10.1 Å². The number of ether oxygens (including phenoxy) is 1. The van der Waals surface area contributed by atoms with Gasteiger partial charge in [0, 0.05) is 19.7 Å². The van der Waals surface area contributed by atoms with Gasteiger partial charge in [-0.05, 0) is 25.5 Å². The average molecular weight is 366 g/mol. The Morgan fingerprint density at radius 2 is 2.13 bits per heavy atom. The molecule has 1 aliphatic heterocycles. The molecular formula is C13H20ClN3O5S. The first-order valence-electron chi connectivity index (χ1n) is 6.87. The minimum Gasteiger partial charge on any atom is -0.383 e. The lowest BCUT2D eigenvalue weighted by Crippen LogP contribution is -2.52.